The van der Waals surface area contributed by atoms with Gasteiger partial charge in [-0.3, -0.25) is 4.79 Å². The molecule has 1 aromatic rings. The summed E-state index contributed by atoms with van der Waals surface area (Å²) < 4.78 is 1.69. The van der Waals surface area contributed by atoms with Gasteiger partial charge in [-0.05, 0) is 31.8 Å². The smallest absolute Gasteiger partial charge is 0.242 e. The molecule has 23 heavy (non-hydrogen) atoms. The van der Waals surface area contributed by atoms with Crippen molar-refractivity contribution in [1.29, 1.82) is 0 Å². The Hall–Kier alpha value is -1.47. The number of rotatable bonds is 5. The molecule has 2 aliphatic rings. The molecule has 2 atom stereocenters. The summed E-state index contributed by atoms with van der Waals surface area (Å²) in [5.41, 5.74) is 0. The van der Waals surface area contributed by atoms with Gasteiger partial charge in [0.05, 0.1) is 0 Å². The first kappa shape index (κ1) is 16.4. The molecule has 0 aromatic carbocycles. The second-order valence-corrected chi connectivity index (χ2v) is 6.85. The van der Waals surface area contributed by atoms with Gasteiger partial charge >= 0.3 is 0 Å². The summed E-state index contributed by atoms with van der Waals surface area (Å²) >= 11 is 0. The highest BCUT2D eigenvalue weighted by molar-refractivity contribution is 5.76. The Morgan fingerprint density at radius 1 is 1.04 bits per heavy atom. The molecule has 0 spiro atoms. The minimum absolute atomic E-state index is 0.0848. The molecule has 128 valence electrons. The van der Waals surface area contributed by atoms with Crippen LogP contribution in [0.1, 0.15) is 25.7 Å². The lowest BCUT2D eigenvalue weighted by molar-refractivity contribution is -0.131. The summed E-state index contributed by atoms with van der Waals surface area (Å²) in [7, 11) is 0. The average Bonchev–Trinajstić information content (AvgIpc) is 3.12. The molecule has 1 aromatic heterocycles. The third-order valence-corrected chi connectivity index (χ3v) is 5.14. The van der Waals surface area contributed by atoms with E-state index >= 15 is 0 Å². The molecule has 0 bridgehead atoms. The molecular weight excluding hydrogens is 294 g/mol. The number of carbonyl (C=O) groups excluding carboxylic acids is 1. The molecule has 7 heteroatoms. The lowest BCUT2D eigenvalue weighted by Crippen LogP contribution is -2.35. The molecule has 0 aliphatic carbocycles. The first-order chi connectivity index (χ1) is 11.3. The van der Waals surface area contributed by atoms with Crippen molar-refractivity contribution in [2.45, 2.75) is 32.2 Å². The van der Waals surface area contributed by atoms with Gasteiger partial charge in [-0.25, -0.2) is 0 Å². The van der Waals surface area contributed by atoms with Crippen LogP contribution in [-0.2, 0) is 11.3 Å². The van der Waals surface area contributed by atoms with Crippen molar-refractivity contribution in [2.75, 3.05) is 39.3 Å². The molecule has 3 rings (SSSR count). The van der Waals surface area contributed by atoms with Gasteiger partial charge in [0.15, 0.2) is 0 Å². The minimum atomic E-state index is 0.0848. The largest absolute Gasteiger partial charge is 0.396 e. The summed E-state index contributed by atoms with van der Waals surface area (Å²) in [6, 6.07) is 0. The van der Waals surface area contributed by atoms with Crippen LogP contribution < -0.4 is 0 Å². The van der Waals surface area contributed by atoms with Crippen molar-refractivity contribution in [3.05, 3.63) is 12.7 Å². The van der Waals surface area contributed by atoms with Gasteiger partial charge in [-0.2, -0.15) is 0 Å². The predicted molar refractivity (Wildman–Crippen MR) is 85.6 cm³/mol. The maximum Gasteiger partial charge on any atom is 0.242 e. The van der Waals surface area contributed by atoms with Crippen LogP contribution in [0.3, 0.4) is 0 Å². The molecule has 3 heterocycles. The molecule has 7 nitrogen and oxygen atoms in total. The zero-order valence-electron chi connectivity index (χ0n) is 13.7. The summed E-state index contributed by atoms with van der Waals surface area (Å²) in [5, 5.41) is 17.2. The van der Waals surface area contributed by atoms with Crippen LogP contribution in [0.2, 0.25) is 0 Å². The molecular formula is C16H27N5O2. The molecule has 2 fully saturated rings. The molecule has 0 radical (unpaired) electrons. The molecule has 2 aliphatic heterocycles. The lowest BCUT2D eigenvalue weighted by Gasteiger charge is -2.26. The second-order valence-electron chi connectivity index (χ2n) is 6.85. The maximum atomic E-state index is 12.4. The molecule has 0 saturated carbocycles. The fourth-order valence-electron chi connectivity index (χ4n) is 3.77. The van der Waals surface area contributed by atoms with Crippen LogP contribution in [0.4, 0.5) is 0 Å². The standard InChI is InChI=1S/C16H27N5O2/c22-11-15-9-21(16(23)10-20-12-17-18-13-20)8-14(15)7-19-5-3-1-2-4-6-19/h12-15,22H,1-11H2/t14-,15-/m0/s1. The van der Waals surface area contributed by atoms with E-state index in [0.717, 1.165) is 26.2 Å². The predicted octanol–water partition coefficient (Wildman–Crippen LogP) is 0.221. The van der Waals surface area contributed by atoms with E-state index in [9.17, 15) is 9.90 Å². The molecule has 0 unspecified atom stereocenters. The highest BCUT2D eigenvalue weighted by Gasteiger charge is 2.35. The van der Waals surface area contributed by atoms with Crippen LogP contribution in [0.15, 0.2) is 12.7 Å². The second kappa shape index (κ2) is 7.88. The van der Waals surface area contributed by atoms with Gasteiger partial charge in [0.25, 0.3) is 0 Å². The summed E-state index contributed by atoms with van der Waals surface area (Å²) in [4.78, 5) is 16.8. The van der Waals surface area contributed by atoms with Gasteiger partial charge in [0, 0.05) is 32.2 Å². The van der Waals surface area contributed by atoms with Crippen LogP contribution in [0.25, 0.3) is 0 Å². The Bertz CT molecular complexity index is 485. The Morgan fingerprint density at radius 3 is 2.35 bits per heavy atom. The van der Waals surface area contributed by atoms with Gasteiger partial charge in [-0.15, -0.1) is 10.2 Å². The van der Waals surface area contributed by atoms with Gasteiger partial charge in [0.1, 0.15) is 19.2 Å². The van der Waals surface area contributed by atoms with Crippen molar-refractivity contribution in [3.8, 4) is 0 Å². The maximum absolute atomic E-state index is 12.4. The monoisotopic (exact) mass is 321 g/mol. The van der Waals surface area contributed by atoms with Crippen LogP contribution in [0, 0.1) is 11.8 Å². The number of aliphatic hydroxyl groups is 1. The van der Waals surface area contributed by atoms with E-state index in [1.54, 1.807) is 17.2 Å². The third-order valence-electron chi connectivity index (χ3n) is 5.14. The number of aliphatic hydroxyl groups excluding tert-OH is 1. The molecule has 1 amide bonds. The fraction of sp³-hybridized carbons (Fsp3) is 0.812. The topological polar surface area (TPSA) is 74.5 Å². The van der Waals surface area contributed by atoms with Crippen molar-refractivity contribution >= 4 is 5.91 Å². The Morgan fingerprint density at radius 2 is 1.70 bits per heavy atom. The van der Waals surface area contributed by atoms with E-state index in [2.05, 4.69) is 15.1 Å². The van der Waals surface area contributed by atoms with Gasteiger partial charge in [-0.1, -0.05) is 12.8 Å². The first-order valence-electron chi connectivity index (χ1n) is 8.69. The van der Waals surface area contributed by atoms with E-state index < -0.39 is 0 Å². The first-order valence-corrected chi connectivity index (χ1v) is 8.69. The molecule has 1 N–H and O–H groups in total. The van der Waals surface area contributed by atoms with E-state index in [0.29, 0.717) is 12.5 Å². The number of likely N-dealkylation sites (tertiary alicyclic amines) is 2. The Balaban J connectivity index is 1.55. The fourth-order valence-corrected chi connectivity index (χ4v) is 3.77. The van der Waals surface area contributed by atoms with Crippen molar-refractivity contribution in [1.82, 2.24) is 24.6 Å². The quantitative estimate of drug-likeness (QED) is 0.840. The van der Waals surface area contributed by atoms with Crippen LogP contribution in [-0.4, -0.2) is 74.9 Å². The van der Waals surface area contributed by atoms with Crippen molar-refractivity contribution in [3.63, 3.8) is 0 Å². The van der Waals surface area contributed by atoms with Crippen molar-refractivity contribution in [2.24, 2.45) is 11.8 Å². The summed E-state index contributed by atoms with van der Waals surface area (Å²) in [5.74, 6) is 0.660. The normalized spacial score (nSPS) is 26.4. The Kier molecular flexibility index (Phi) is 5.61. The Labute approximate surface area is 137 Å². The van der Waals surface area contributed by atoms with E-state index in [1.807, 2.05) is 4.90 Å². The van der Waals surface area contributed by atoms with E-state index in [4.69, 9.17) is 0 Å². The number of carbonyl (C=O) groups is 1. The highest BCUT2D eigenvalue weighted by atomic mass is 16.3. The summed E-state index contributed by atoms with van der Waals surface area (Å²) in [6.45, 7) is 5.17. The minimum Gasteiger partial charge on any atom is -0.396 e. The zero-order chi connectivity index (χ0) is 16.1. The van der Waals surface area contributed by atoms with Gasteiger partial charge < -0.3 is 19.5 Å². The number of amides is 1. The third kappa shape index (κ3) is 4.29. The SMILES string of the molecule is O=C(Cn1cnnc1)N1C[C@@H](CO)[C@@H](CN2CCCCCC2)C1. The number of aromatic nitrogens is 3. The number of hydrogen-bond donors (Lipinski definition) is 1. The van der Waals surface area contributed by atoms with Crippen LogP contribution >= 0.6 is 0 Å². The molecule has 2 saturated heterocycles. The lowest BCUT2D eigenvalue weighted by atomic mass is 9.96. The number of nitrogens with zero attached hydrogens (tertiary/aromatic N) is 5. The van der Waals surface area contributed by atoms with Crippen molar-refractivity contribution < 1.29 is 9.90 Å². The van der Waals surface area contributed by atoms with E-state index in [1.165, 1.54) is 25.7 Å². The van der Waals surface area contributed by atoms with E-state index in [-0.39, 0.29) is 25.0 Å². The number of hydrogen-bond acceptors (Lipinski definition) is 5. The highest BCUT2D eigenvalue weighted by Crippen LogP contribution is 2.25. The summed E-state index contributed by atoms with van der Waals surface area (Å²) in [6.07, 6.45) is 8.32. The average molecular weight is 321 g/mol. The van der Waals surface area contributed by atoms with Gasteiger partial charge in [0.2, 0.25) is 5.91 Å². The van der Waals surface area contributed by atoms with Crippen LogP contribution in [0.5, 0.6) is 0 Å². The zero-order valence-corrected chi connectivity index (χ0v) is 13.7.